The number of pyridine rings is 1. The maximum absolute atomic E-state index is 4.20. The molecule has 19 heavy (non-hydrogen) atoms. The molecule has 0 aromatic carbocycles. The van der Waals surface area contributed by atoms with Gasteiger partial charge in [-0.1, -0.05) is 19.4 Å². The van der Waals surface area contributed by atoms with Gasteiger partial charge in [0, 0.05) is 31.0 Å². The van der Waals surface area contributed by atoms with Crippen molar-refractivity contribution in [3.05, 3.63) is 30.1 Å². The van der Waals surface area contributed by atoms with E-state index in [2.05, 4.69) is 35.2 Å². The Morgan fingerprint density at radius 1 is 1.42 bits per heavy atom. The smallest absolute Gasteiger partial charge is 0.0312 e. The summed E-state index contributed by atoms with van der Waals surface area (Å²) in [5.41, 5.74) is 1.31. The van der Waals surface area contributed by atoms with Gasteiger partial charge in [-0.25, -0.2) is 0 Å². The standard InChI is InChI=1S/C16H27N3/c1-3-9-18-15-7-4-8-16(11-15)19(2)13-14-6-5-10-17-12-14/h5-6,10,12,15-16,18H,3-4,7-9,11,13H2,1-2H3. The molecule has 0 spiro atoms. The topological polar surface area (TPSA) is 28.2 Å². The summed E-state index contributed by atoms with van der Waals surface area (Å²) in [6, 6.07) is 5.62. The summed E-state index contributed by atoms with van der Waals surface area (Å²) >= 11 is 0. The van der Waals surface area contributed by atoms with Crippen molar-refractivity contribution in [1.29, 1.82) is 0 Å². The second-order valence-electron chi connectivity index (χ2n) is 5.75. The van der Waals surface area contributed by atoms with Gasteiger partial charge in [-0.2, -0.15) is 0 Å². The summed E-state index contributed by atoms with van der Waals surface area (Å²) in [6.45, 7) is 4.41. The monoisotopic (exact) mass is 261 g/mol. The van der Waals surface area contributed by atoms with Crippen molar-refractivity contribution in [2.45, 2.75) is 57.7 Å². The highest BCUT2D eigenvalue weighted by molar-refractivity contribution is 5.08. The molecule has 1 heterocycles. The molecule has 1 aromatic rings. The molecule has 1 aliphatic rings. The van der Waals surface area contributed by atoms with Gasteiger partial charge in [-0.15, -0.1) is 0 Å². The van der Waals surface area contributed by atoms with E-state index in [-0.39, 0.29) is 0 Å². The second kappa shape index (κ2) is 7.61. The lowest BCUT2D eigenvalue weighted by molar-refractivity contribution is 0.163. The Kier molecular flexibility index (Phi) is 5.80. The van der Waals surface area contributed by atoms with Crippen LogP contribution in [0.3, 0.4) is 0 Å². The van der Waals surface area contributed by atoms with Crippen molar-refractivity contribution in [2.24, 2.45) is 0 Å². The van der Waals surface area contributed by atoms with Gasteiger partial charge in [0.15, 0.2) is 0 Å². The number of aromatic nitrogens is 1. The molecule has 1 aromatic heterocycles. The van der Waals surface area contributed by atoms with Crippen LogP contribution in [-0.4, -0.2) is 35.6 Å². The van der Waals surface area contributed by atoms with Gasteiger partial charge in [0.1, 0.15) is 0 Å². The quantitative estimate of drug-likeness (QED) is 0.853. The molecule has 1 aliphatic carbocycles. The van der Waals surface area contributed by atoms with Crippen LogP contribution in [0.1, 0.15) is 44.6 Å². The van der Waals surface area contributed by atoms with E-state index in [4.69, 9.17) is 0 Å². The van der Waals surface area contributed by atoms with Gasteiger partial charge in [-0.05, 0) is 50.9 Å². The third-order valence-corrected chi connectivity index (χ3v) is 4.11. The lowest BCUT2D eigenvalue weighted by atomic mass is 9.90. The average Bonchev–Trinajstić information content (AvgIpc) is 2.46. The predicted molar refractivity (Wildman–Crippen MR) is 80.0 cm³/mol. The van der Waals surface area contributed by atoms with E-state index in [1.807, 2.05) is 18.5 Å². The van der Waals surface area contributed by atoms with Crippen LogP contribution in [0, 0.1) is 0 Å². The molecule has 2 unspecified atom stereocenters. The summed E-state index contributed by atoms with van der Waals surface area (Å²) in [6.07, 6.45) is 10.4. The molecule has 1 N–H and O–H groups in total. The highest BCUT2D eigenvalue weighted by Crippen LogP contribution is 2.23. The normalized spacial score (nSPS) is 23.7. The van der Waals surface area contributed by atoms with E-state index in [1.54, 1.807) is 0 Å². The van der Waals surface area contributed by atoms with Crippen molar-refractivity contribution in [2.75, 3.05) is 13.6 Å². The van der Waals surface area contributed by atoms with Crippen LogP contribution in [-0.2, 0) is 6.54 Å². The molecular formula is C16H27N3. The van der Waals surface area contributed by atoms with Crippen molar-refractivity contribution in [1.82, 2.24) is 15.2 Å². The van der Waals surface area contributed by atoms with E-state index < -0.39 is 0 Å². The second-order valence-corrected chi connectivity index (χ2v) is 5.75. The molecule has 3 nitrogen and oxygen atoms in total. The number of nitrogens with one attached hydrogen (secondary N) is 1. The maximum atomic E-state index is 4.20. The first-order valence-corrected chi connectivity index (χ1v) is 7.62. The maximum Gasteiger partial charge on any atom is 0.0312 e. The SMILES string of the molecule is CCCNC1CCCC(N(C)Cc2cccnc2)C1. The lowest BCUT2D eigenvalue weighted by Crippen LogP contribution is -2.42. The van der Waals surface area contributed by atoms with E-state index in [0.717, 1.165) is 19.1 Å². The average molecular weight is 261 g/mol. The summed E-state index contributed by atoms with van der Waals surface area (Å²) in [7, 11) is 2.25. The molecule has 0 saturated heterocycles. The minimum absolute atomic E-state index is 0.711. The van der Waals surface area contributed by atoms with Crippen LogP contribution in [0.25, 0.3) is 0 Å². The van der Waals surface area contributed by atoms with Crippen molar-refractivity contribution >= 4 is 0 Å². The van der Waals surface area contributed by atoms with Crippen LogP contribution >= 0.6 is 0 Å². The fraction of sp³-hybridized carbons (Fsp3) is 0.688. The molecule has 1 fully saturated rings. The minimum atomic E-state index is 0.711. The van der Waals surface area contributed by atoms with Gasteiger partial charge < -0.3 is 5.32 Å². The van der Waals surface area contributed by atoms with E-state index in [1.165, 1.54) is 37.7 Å². The zero-order chi connectivity index (χ0) is 13.5. The first-order chi connectivity index (χ1) is 9.29. The van der Waals surface area contributed by atoms with Gasteiger partial charge in [-0.3, -0.25) is 9.88 Å². The highest BCUT2D eigenvalue weighted by Gasteiger charge is 2.24. The van der Waals surface area contributed by atoms with Gasteiger partial charge in [0.05, 0.1) is 0 Å². The molecule has 106 valence electrons. The number of hydrogen-bond acceptors (Lipinski definition) is 3. The first-order valence-electron chi connectivity index (χ1n) is 7.62. The van der Waals surface area contributed by atoms with Crippen LogP contribution in [0.2, 0.25) is 0 Å². The molecule has 0 aliphatic heterocycles. The Morgan fingerprint density at radius 2 is 2.32 bits per heavy atom. The molecule has 0 bridgehead atoms. The molecule has 2 atom stereocenters. The largest absolute Gasteiger partial charge is 0.314 e. The molecular weight excluding hydrogens is 234 g/mol. The molecule has 0 amide bonds. The Labute approximate surface area is 117 Å². The van der Waals surface area contributed by atoms with Crippen molar-refractivity contribution < 1.29 is 0 Å². The summed E-state index contributed by atoms with van der Waals surface area (Å²) < 4.78 is 0. The lowest BCUT2D eigenvalue weighted by Gasteiger charge is -2.35. The Hall–Kier alpha value is -0.930. The van der Waals surface area contributed by atoms with Gasteiger partial charge in [0.2, 0.25) is 0 Å². The fourth-order valence-electron chi connectivity index (χ4n) is 3.01. The first kappa shape index (κ1) is 14.5. The number of rotatable bonds is 6. The third kappa shape index (κ3) is 4.59. The van der Waals surface area contributed by atoms with E-state index in [0.29, 0.717) is 6.04 Å². The van der Waals surface area contributed by atoms with Crippen molar-refractivity contribution in [3.8, 4) is 0 Å². The van der Waals surface area contributed by atoms with Crippen LogP contribution in [0.15, 0.2) is 24.5 Å². The highest BCUT2D eigenvalue weighted by atomic mass is 15.1. The molecule has 0 radical (unpaired) electrons. The van der Waals surface area contributed by atoms with Crippen LogP contribution in [0.4, 0.5) is 0 Å². The fourth-order valence-corrected chi connectivity index (χ4v) is 3.01. The summed E-state index contributed by atoms with van der Waals surface area (Å²) in [4.78, 5) is 6.70. The molecule has 3 heteroatoms. The zero-order valence-corrected chi connectivity index (χ0v) is 12.3. The Bertz CT molecular complexity index is 352. The van der Waals surface area contributed by atoms with Crippen molar-refractivity contribution in [3.63, 3.8) is 0 Å². The van der Waals surface area contributed by atoms with Gasteiger partial charge in [0.25, 0.3) is 0 Å². The molecule has 1 saturated carbocycles. The number of nitrogens with zero attached hydrogens (tertiary/aromatic N) is 2. The number of hydrogen-bond donors (Lipinski definition) is 1. The Morgan fingerprint density at radius 3 is 3.05 bits per heavy atom. The van der Waals surface area contributed by atoms with Crippen LogP contribution < -0.4 is 5.32 Å². The van der Waals surface area contributed by atoms with E-state index in [9.17, 15) is 0 Å². The predicted octanol–water partition coefficient (Wildman–Crippen LogP) is 2.82. The van der Waals surface area contributed by atoms with Crippen LogP contribution in [0.5, 0.6) is 0 Å². The summed E-state index contributed by atoms with van der Waals surface area (Å²) in [5, 5.41) is 3.68. The minimum Gasteiger partial charge on any atom is -0.314 e. The zero-order valence-electron chi connectivity index (χ0n) is 12.3. The van der Waals surface area contributed by atoms with Gasteiger partial charge >= 0.3 is 0 Å². The molecule has 2 rings (SSSR count). The third-order valence-electron chi connectivity index (χ3n) is 4.11. The Balaban J connectivity index is 1.83. The van der Waals surface area contributed by atoms with E-state index >= 15 is 0 Å². The summed E-state index contributed by atoms with van der Waals surface area (Å²) in [5.74, 6) is 0.